The number of hydrogen-bond acceptors (Lipinski definition) is 2. The molecule has 1 aliphatic rings. The predicted octanol–water partition coefficient (Wildman–Crippen LogP) is 2.91. The van der Waals surface area contributed by atoms with Gasteiger partial charge < -0.3 is 15.5 Å². The van der Waals surface area contributed by atoms with E-state index in [0.29, 0.717) is 19.5 Å². The monoisotopic (exact) mass is 337 g/mol. The molecule has 0 bridgehead atoms. The van der Waals surface area contributed by atoms with Crippen LogP contribution in [0.25, 0.3) is 0 Å². The van der Waals surface area contributed by atoms with Crippen molar-refractivity contribution in [1.29, 1.82) is 0 Å². The second-order valence-electron chi connectivity index (χ2n) is 6.41. The van der Waals surface area contributed by atoms with E-state index < -0.39 is 6.04 Å². The van der Waals surface area contributed by atoms with E-state index >= 15 is 0 Å². The van der Waals surface area contributed by atoms with Gasteiger partial charge in [0.2, 0.25) is 5.91 Å². The van der Waals surface area contributed by atoms with Gasteiger partial charge in [-0.3, -0.25) is 4.79 Å². The number of aryl methyl sites for hydroxylation is 2. The molecule has 0 aromatic heterocycles. The maximum Gasteiger partial charge on any atom is 0.315 e. The Kier molecular flexibility index (Phi) is 5.03. The van der Waals surface area contributed by atoms with Gasteiger partial charge in [0.1, 0.15) is 6.04 Å². The number of nitrogens with one attached hydrogen (secondary N) is 2. The molecule has 2 N–H and O–H groups in total. The summed E-state index contributed by atoms with van der Waals surface area (Å²) in [6.45, 7) is 5.14. The van der Waals surface area contributed by atoms with Crippen molar-refractivity contribution in [3.05, 3.63) is 65.2 Å². The van der Waals surface area contributed by atoms with Crippen LogP contribution in [0.3, 0.4) is 0 Å². The minimum Gasteiger partial charge on any atom is -0.334 e. The van der Waals surface area contributed by atoms with E-state index in [0.717, 1.165) is 16.8 Å². The third-order valence-corrected chi connectivity index (χ3v) is 4.61. The van der Waals surface area contributed by atoms with Gasteiger partial charge in [0.15, 0.2) is 0 Å². The lowest BCUT2D eigenvalue weighted by atomic mass is 10.1. The van der Waals surface area contributed by atoms with E-state index in [1.165, 1.54) is 5.56 Å². The highest BCUT2D eigenvalue weighted by Crippen LogP contribution is 2.24. The molecule has 1 fully saturated rings. The zero-order valence-corrected chi connectivity index (χ0v) is 14.6. The van der Waals surface area contributed by atoms with Crippen LogP contribution < -0.4 is 15.5 Å². The Morgan fingerprint density at radius 2 is 1.88 bits per heavy atom. The minimum atomic E-state index is -0.475. The first kappa shape index (κ1) is 17.0. The number of rotatable bonds is 4. The average Bonchev–Trinajstić information content (AvgIpc) is 2.97. The van der Waals surface area contributed by atoms with Crippen molar-refractivity contribution in [2.45, 2.75) is 32.9 Å². The fraction of sp³-hybridized carbons (Fsp3) is 0.300. The summed E-state index contributed by atoms with van der Waals surface area (Å²) < 4.78 is 0. The Morgan fingerprint density at radius 1 is 1.12 bits per heavy atom. The summed E-state index contributed by atoms with van der Waals surface area (Å²) in [7, 11) is 0. The van der Waals surface area contributed by atoms with Crippen LogP contribution in [-0.4, -0.2) is 24.5 Å². The number of nitrogens with zero attached hydrogens (tertiary/aromatic N) is 1. The van der Waals surface area contributed by atoms with Crippen LogP contribution in [0.2, 0.25) is 0 Å². The van der Waals surface area contributed by atoms with Crippen molar-refractivity contribution < 1.29 is 9.59 Å². The smallest absolute Gasteiger partial charge is 0.315 e. The van der Waals surface area contributed by atoms with Gasteiger partial charge in [0.25, 0.3) is 0 Å². The minimum absolute atomic E-state index is 0.0573. The number of benzene rings is 2. The molecule has 1 heterocycles. The molecule has 130 valence electrons. The highest BCUT2D eigenvalue weighted by molar-refractivity contribution is 6.01. The quantitative estimate of drug-likeness (QED) is 0.901. The predicted molar refractivity (Wildman–Crippen MR) is 98.5 cm³/mol. The molecule has 1 aliphatic heterocycles. The van der Waals surface area contributed by atoms with E-state index in [-0.39, 0.29) is 11.9 Å². The summed E-state index contributed by atoms with van der Waals surface area (Å²) in [5, 5.41) is 5.58. The molecule has 1 atom stereocenters. The zero-order chi connectivity index (χ0) is 17.8. The molecule has 0 saturated carbocycles. The lowest BCUT2D eigenvalue weighted by Crippen LogP contribution is -2.45. The lowest BCUT2D eigenvalue weighted by Gasteiger charge is -2.18. The Morgan fingerprint density at radius 3 is 2.60 bits per heavy atom. The van der Waals surface area contributed by atoms with Crippen LogP contribution in [0.5, 0.6) is 0 Å². The zero-order valence-electron chi connectivity index (χ0n) is 14.6. The van der Waals surface area contributed by atoms with Crippen LogP contribution in [0.15, 0.2) is 48.5 Å². The molecule has 3 amide bonds. The van der Waals surface area contributed by atoms with Gasteiger partial charge >= 0.3 is 6.03 Å². The van der Waals surface area contributed by atoms with Crippen molar-refractivity contribution in [2.24, 2.45) is 0 Å². The highest BCUT2D eigenvalue weighted by Gasteiger charge is 2.33. The summed E-state index contributed by atoms with van der Waals surface area (Å²) in [5.74, 6) is -0.0573. The molecule has 5 nitrogen and oxygen atoms in total. The Bertz CT molecular complexity index is 774. The van der Waals surface area contributed by atoms with Crippen molar-refractivity contribution >= 4 is 17.6 Å². The van der Waals surface area contributed by atoms with Crippen molar-refractivity contribution in [2.75, 3.05) is 11.4 Å². The SMILES string of the molecule is Cc1ccc(N2CC[C@H](NC(=O)NCc3ccccc3)C2=O)cc1C. The lowest BCUT2D eigenvalue weighted by molar-refractivity contribution is -0.118. The van der Waals surface area contributed by atoms with Gasteiger partial charge in [-0.2, -0.15) is 0 Å². The third-order valence-electron chi connectivity index (χ3n) is 4.61. The number of carbonyl (C=O) groups excluding carboxylic acids is 2. The molecule has 2 aromatic carbocycles. The number of urea groups is 1. The standard InChI is InChI=1S/C20H23N3O2/c1-14-8-9-17(12-15(14)2)23-11-10-18(19(23)24)22-20(25)21-13-16-6-4-3-5-7-16/h3-9,12,18H,10-11,13H2,1-2H3,(H2,21,22,25)/t18-/m0/s1. The maximum atomic E-state index is 12.6. The molecule has 0 radical (unpaired) electrons. The number of amides is 3. The van der Waals surface area contributed by atoms with Crippen LogP contribution in [0, 0.1) is 13.8 Å². The second-order valence-corrected chi connectivity index (χ2v) is 6.41. The fourth-order valence-electron chi connectivity index (χ4n) is 2.95. The topological polar surface area (TPSA) is 61.4 Å². The second kappa shape index (κ2) is 7.38. The van der Waals surface area contributed by atoms with E-state index in [9.17, 15) is 9.59 Å². The molecular weight excluding hydrogens is 314 g/mol. The molecule has 3 rings (SSSR count). The third kappa shape index (κ3) is 3.99. The van der Waals surface area contributed by atoms with Gasteiger partial charge in [0.05, 0.1) is 0 Å². The summed E-state index contributed by atoms with van der Waals surface area (Å²) in [4.78, 5) is 26.4. The van der Waals surface area contributed by atoms with E-state index in [2.05, 4.69) is 10.6 Å². The van der Waals surface area contributed by atoms with Crippen LogP contribution in [0.1, 0.15) is 23.1 Å². The summed E-state index contributed by atoms with van der Waals surface area (Å²) in [6.07, 6.45) is 0.616. The Hall–Kier alpha value is -2.82. The largest absolute Gasteiger partial charge is 0.334 e. The van der Waals surface area contributed by atoms with E-state index in [1.54, 1.807) is 4.90 Å². The summed E-state index contributed by atoms with van der Waals surface area (Å²) in [5.41, 5.74) is 4.27. The average molecular weight is 337 g/mol. The van der Waals surface area contributed by atoms with Crippen LogP contribution in [-0.2, 0) is 11.3 Å². The van der Waals surface area contributed by atoms with Crippen LogP contribution in [0.4, 0.5) is 10.5 Å². The van der Waals surface area contributed by atoms with Crippen molar-refractivity contribution in [1.82, 2.24) is 10.6 Å². The van der Waals surface area contributed by atoms with Gasteiger partial charge in [-0.15, -0.1) is 0 Å². The first-order chi connectivity index (χ1) is 12.0. The van der Waals surface area contributed by atoms with Crippen LogP contribution >= 0.6 is 0 Å². The molecule has 0 spiro atoms. The first-order valence-electron chi connectivity index (χ1n) is 8.51. The molecule has 2 aromatic rings. The molecule has 0 unspecified atom stereocenters. The van der Waals surface area contributed by atoms with Gasteiger partial charge in [-0.25, -0.2) is 4.79 Å². The van der Waals surface area contributed by atoms with Crippen molar-refractivity contribution in [3.8, 4) is 0 Å². The first-order valence-corrected chi connectivity index (χ1v) is 8.51. The number of anilines is 1. The van der Waals surface area contributed by atoms with Gasteiger partial charge in [-0.1, -0.05) is 36.4 Å². The highest BCUT2D eigenvalue weighted by atomic mass is 16.2. The summed E-state index contributed by atoms with van der Waals surface area (Å²) in [6, 6.07) is 14.9. The number of carbonyl (C=O) groups is 2. The van der Waals surface area contributed by atoms with E-state index in [1.807, 2.05) is 62.4 Å². The Labute approximate surface area is 148 Å². The number of hydrogen-bond donors (Lipinski definition) is 2. The molecule has 1 saturated heterocycles. The summed E-state index contributed by atoms with van der Waals surface area (Å²) >= 11 is 0. The van der Waals surface area contributed by atoms with Gasteiger partial charge in [-0.05, 0) is 49.1 Å². The van der Waals surface area contributed by atoms with E-state index in [4.69, 9.17) is 0 Å². The normalized spacial score (nSPS) is 16.8. The molecule has 25 heavy (non-hydrogen) atoms. The maximum absolute atomic E-state index is 12.6. The Balaban J connectivity index is 1.56. The fourth-order valence-corrected chi connectivity index (χ4v) is 2.95. The molecular formula is C20H23N3O2. The molecule has 0 aliphatic carbocycles. The van der Waals surface area contributed by atoms with Gasteiger partial charge in [0, 0.05) is 18.8 Å². The molecule has 5 heteroatoms. The van der Waals surface area contributed by atoms with Crippen molar-refractivity contribution in [3.63, 3.8) is 0 Å².